The van der Waals surface area contributed by atoms with Crippen molar-refractivity contribution in [3.8, 4) is 5.75 Å². The highest BCUT2D eigenvalue weighted by Crippen LogP contribution is 2.20. The van der Waals surface area contributed by atoms with Gasteiger partial charge in [0.15, 0.2) is 6.10 Å². The van der Waals surface area contributed by atoms with Crippen molar-refractivity contribution in [1.29, 1.82) is 0 Å². The van der Waals surface area contributed by atoms with Gasteiger partial charge in [0.2, 0.25) is 5.91 Å². The molecule has 0 aliphatic carbocycles. The number of rotatable bonds is 6. The van der Waals surface area contributed by atoms with Crippen molar-refractivity contribution in [2.24, 2.45) is 11.7 Å². The molecule has 0 aromatic heterocycles. The van der Waals surface area contributed by atoms with Crippen LogP contribution < -0.4 is 10.5 Å². The number of hydrogen-bond donors (Lipinski definition) is 3. The summed E-state index contributed by atoms with van der Waals surface area (Å²) in [4.78, 5) is 10.7. The van der Waals surface area contributed by atoms with Gasteiger partial charge in [-0.05, 0) is 23.6 Å². The number of carbonyl (C=O) groups excluding carboxylic acids is 1. The summed E-state index contributed by atoms with van der Waals surface area (Å²) in [7, 11) is 0. The Bertz CT molecular complexity index is 388. The molecule has 0 fully saturated rings. The SMILES string of the molecule is CC(C)COc1ccc(C(O)C(O)C(N)=O)cc1. The van der Waals surface area contributed by atoms with Crippen molar-refractivity contribution in [3.05, 3.63) is 29.8 Å². The van der Waals surface area contributed by atoms with E-state index in [-0.39, 0.29) is 0 Å². The molecular formula is C13H19NO4. The first kappa shape index (κ1) is 14.5. The van der Waals surface area contributed by atoms with Crippen molar-refractivity contribution < 1.29 is 19.7 Å². The summed E-state index contributed by atoms with van der Waals surface area (Å²) in [5.74, 6) is 0.141. The monoisotopic (exact) mass is 253 g/mol. The van der Waals surface area contributed by atoms with Crippen molar-refractivity contribution in [2.45, 2.75) is 26.1 Å². The zero-order valence-corrected chi connectivity index (χ0v) is 10.5. The molecule has 100 valence electrons. The summed E-state index contributed by atoms with van der Waals surface area (Å²) in [5, 5.41) is 19.0. The van der Waals surface area contributed by atoms with Gasteiger partial charge in [-0.25, -0.2) is 0 Å². The topological polar surface area (TPSA) is 92.8 Å². The van der Waals surface area contributed by atoms with Gasteiger partial charge in [0.25, 0.3) is 0 Å². The fourth-order valence-corrected chi connectivity index (χ4v) is 1.36. The Kier molecular flexibility index (Phi) is 5.12. The third-order valence-electron chi connectivity index (χ3n) is 2.40. The fraction of sp³-hybridized carbons (Fsp3) is 0.462. The Morgan fingerprint density at radius 1 is 1.28 bits per heavy atom. The van der Waals surface area contributed by atoms with Crippen LogP contribution in [0.5, 0.6) is 5.75 Å². The van der Waals surface area contributed by atoms with E-state index in [9.17, 15) is 15.0 Å². The highest BCUT2D eigenvalue weighted by Gasteiger charge is 2.23. The average Bonchev–Trinajstić information content (AvgIpc) is 2.35. The zero-order chi connectivity index (χ0) is 13.7. The molecule has 0 heterocycles. The first-order valence-corrected chi connectivity index (χ1v) is 5.80. The second-order valence-electron chi connectivity index (χ2n) is 4.57. The number of amides is 1. The molecule has 5 nitrogen and oxygen atoms in total. The molecule has 0 saturated heterocycles. The molecule has 1 aromatic rings. The molecule has 2 unspecified atom stereocenters. The van der Waals surface area contributed by atoms with Gasteiger partial charge in [-0.3, -0.25) is 4.79 Å². The third kappa shape index (κ3) is 4.01. The van der Waals surface area contributed by atoms with E-state index < -0.39 is 18.1 Å². The lowest BCUT2D eigenvalue weighted by atomic mass is 10.0. The second kappa shape index (κ2) is 6.37. The van der Waals surface area contributed by atoms with Crippen LogP contribution in [-0.4, -0.2) is 28.8 Å². The van der Waals surface area contributed by atoms with Crippen LogP contribution in [0.25, 0.3) is 0 Å². The molecule has 4 N–H and O–H groups in total. The predicted molar refractivity (Wildman–Crippen MR) is 66.9 cm³/mol. The number of carbonyl (C=O) groups is 1. The van der Waals surface area contributed by atoms with Crippen LogP contribution in [0.15, 0.2) is 24.3 Å². The standard InChI is InChI=1S/C13H19NO4/c1-8(2)7-18-10-5-3-9(4-6-10)11(15)12(16)13(14)17/h3-6,8,11-12,15-16H,7H2,1-2H3,(H2,14,17). The first-order chi connectivity index (χ1) is 8.41. The molecule has 5 heteroatoms. The molecule has 0 spiro atoms. The van der Waals surface area contributed by atoms with E-state index >= 15 is 0 Å². The quantitative estimate of drug-likeness (QED) is 0.692. The largest absolute Gasteiger partial charge is 0.493 e. The van der Waals surface area contributed by atoms with Gasteiger partial charge in [-0.15, -0.1) is 0 Å². The van der Waals surface area contributed by atoms with E-state index in [0.717, 1.165) is 0 Å². The minimum absolute atomic E-state index is 0.415. The van der Waals surface area contributed by atoms with Crippen molar-refractivity contribution >= 4 is 5.91 Å². The van der Waals surface area contributed by atoms with Crippen molar-refractivity contribution in [3.63, 3.8) is 0 Å². The van der Waals surface area contributed by atoms with Gasteiger partial charge >= 0.3 is 0 Å². The van der Waals surface area contributed by atoms with E-state index in [1.165, 1.54) is 0 Å². The number of primary amides is 1. The molecule has 18 heavy (non-hydrogen) atoms. The molecule has 0 aliphatic rings. The first-order valence-electron chi connectivity index (χ1n) is 5.80. The maximum atomic E-state index is 10.7. The maximum Gasteiger partial charge on any atom is 0.249 e. The minimum Gasteiger partial charge on any atom is -0.493 e. The van der Waals surface area contributed by atoms with Gasteiger partial charge in [0.1, 0.15) is 11.9 Å². The number of aliphatic hydroxyl groups is 2. The maximum absolute atomic E-state index is 10.7. The highest BCUT2D eigenvalue weighted by atomic mass is 16.5. The molecule has 1 amide bonds. The van der Waals surface area contributed by atoms with Gasteiger partial charge in [0.05, 0.1) is 6.61 Å². The summed E-state index contributed by atoms with van der Waals surface area (Å²) in [5.41, 5.74) is 5.33. The van der Waals surface area contributed by atoms with E-state index in [2.05, 4.69) is 0 Å². The number of hydrogen-bond acceptors (Lipinski definition) is 4. The van der Waals surface area contributed by atoms with Gasteiger partial charge in [0, 0.05) is 0 Å². The number of benzene rings is 1. The molecular weight excluding hydrogens is 234 g/mol. The zero-order valence-electron chi connectivity index (χ0n) is 10.5. The Hall–Kier alpha value is -1.59. The van der Waals surface area contributed by atoms with Gasteiger partial charge in [-0.1, -0.05) is 26.0 Å². The van der Waals surface area contributed by atoms with Gasteiger partial charge < -0.3 is 20.7 Å². The molecule has 0 saturated carbocycles. The van der Waals surface area contributed by atoms with Crippen LogP contribution in [0.3, 0.4) is 0 Å². The molecule has 0 radical (unpaired) electrons. The normalized spacial score (nSPS) is 14.3. The fourth-order valence-electron chi connectivity index (χ4n) is 1.36. The van der Waals surface area contributed by atoms with Gasteiger partial charge in [-0.2, -0.15) is 0 Å². The second-order valence-corrected chi connectivity index (χ2v) is 4.57. The van der Waals surface area contributed by atoms with E-state index in [1.54, 1.807) is 24.3 Å². The Labute approximate surface area is 106 Å². The van der Waals surface area contributed by atoms with Crippen LogP contribution in [0.1, 0.15) is 25.5 Å². The Morgan fingerprint density at radius 3 is 2.28 bits per heavy atom. The van der Waals surface area contributed by atoms with Crippen LogP contribution in [0, 0.1) is 5.92 Å². The van der Waals surface area contributed by atoms with Crippen LogP contribution >= 0.6 is 0 Å². The van der Waals surface area contributed by atoms with E-state index in [4.69, 9.17) is 10.5 Å². The average molecular weight is 253 g/mol. The molecule has 2 atom stereocenters. The number of nitrogens with two attached hydrogens (primary N) is 1. The summed E-state index contributed by atoms with van der Waals surface area (Å²) in [6.07, 6.45) is -2.92. The van der Waals surface area contributed by atoms with E-state index in [0.29, 0.717) is 23.8 Å². The summed E-state index contributed by atoms with van der Waals surface area (Å²) >= 11 is 0. The Balaban J connectivity index is 2.67. The summed E-state index contributed by atoms with van der Waals surface area (Å²) in [6, 6.07) is 6.53. The van der Waals surface area contributed by atoms with Crippen molar-refractivity contribution in [1.82, 2.24) is 0 Å². The third-order valence-corrected chi connectivity index (χ3v) is 2.40. The van der Waals surface area contributed by atoms with Crippen LogP contribution in [0.4, 0.5) is 0 Å². The summed E-state index contributed by atoms with van der Waals surface area (Å²) in [6.45, 7) is 4.69. The Morgan fingerprint density at radius 2 is 1.83 bits per heavy atom. The van der Waals surface area contributed by atoms with Crippen LogP contribution in [-0.2, 0) is 4.79 Å². The lowest BCUT2D eigenvalue weighted by Gasteiger charge is -2.15. The minimum atomic E-state index is -1.60. The smallest absolute Gasteiger partial charge is 0.249 e. The number of ether oxygens (including phenoxy) is 1. The van der Waals surface area contributed by atoms with Crippen LogP contribution in [0.2, 0.25) is 0 Å². The predicted octanol–water partition coefficient (Wildman–Crippen LogP) is 0.601. The molecule has 1 rings (SSSR count). The van der Waals surface area contributed by atoms with E-state index in [1.807, 2.05) is 13.8 Å². The lowest BCUT2D eigenvalue weighted by Crippen LogP contribution is -2.33. The molecule has 0 aliphatic heterocycles. The molecule has 1 aromatic carbocycles. The highest BCUT2D eigenvalue weighted by molar-refractivity contribution is 5.79. The number of aliphatic hydroxyl groups excluding tert-OH is 2. The summed E-state index contributed by atoms with van der Waals surface area (Å²) < 4.78 is 5.47. The molecule has 0 bridgehead atoms. The van der Waals surface area contributed by atoms with Crippen molar-refractivity contribution in [2.75, 3.05) is 6.61 Å². The lowest BCUT2D eigenvalue weighted by molar-refractivity contribution is -0.131.